The van der Waals surface area contributed by atoms with Gasteiger partial charge in [0.05, 0.1) is 17.5 Å². The second-order valence-corrected chi connectivity index (χ2v) is 8.06. The van der Waals surface area contributed by atoms with E-state index in [0.717, 1.165) is 4.47 Å². The maximum Gasteiger partial charge on any atom is 0.277 e. The van der Waals surface area contributed by atoms with Gasteiger partial charge in [-0.15, -0.1) is 0 Å². The molecule has 2 spiro atoms. The second kappa shape index (κ2) is 5.32. The van der Waals surface area contributed by atoms with E-state index in [1.165, 1.54) is 16.1 Å². The van der Waals surface area contributed by atoms with E-state index >= 15 is 0 Å². The maximum atomic E-state index is 13.7. The van der Waals surface area contributed by atoms with Crippen LogP contribution in [0.1, 0.15) is 11.1 Å². The van der Waals surface area contributed by atoms with E-state index in [1.807, 2.05) is 12.1 Å². The summed E-state index contributed by atoms with van der Waals surface area (Å²) in [6.45, 7) is 0. The number of ether oxygens (including phenoxy) is 1. The van der Waals surface area contributed by atoms with Crippen LogP contribution < -0.4 is 9.80 Å². The van der Waals surface area contributed by atoms with Crippen LogP contribution in [-0.4, -0.2) is 32.2 Å². The molecule has 0 aliphatic carbocycles. The molecule has 0 aromatic heterocycles. The van der Waals surface area contributed by atoms with Crippen LogP contribution in [0.15, 0.2) is 58.8 Å². The van der Waals surface area contributed by atoms with Crippen molar-refractivity contribution in [3.63, 3.8) is 0 Å². The number of carbonyl (C=O) groups excluding carboxylic acids is 3. The molecule has 7 heteroatoms. The molecule has 0 saturated carbocycles. The lowest BCUT2D eigenvalue weighted by Crippen LogP contribution is -2.58. The van der Waals surface area contributed by atoms with Gasteiger partial charge in [0.15, 0.2) is 11.7 Å². The summed E-state index contributed by atoms with van der Waals surface area (Å²) in [5.74, 6) is -0.744. The molecule has 2 amide bonds. The lowest BCUT2D eigenvalue weighted by Gasteiger charge is -2.37. The number of aldehydes is 1. The number of benzene rings is 2. The van der Waals surface area contributed by atoms with E-state index < -0.39 is 11.0 Å². The largest absolute Gasteiger partial charge is 0.478 e. The van der Waals surface area contributed by atoms with Crippen molar-refractivity contribution in [1.82, 2.24) is 0 Å². The molecule has 28 heavy (non-hydrogen) atoms. The minimum atomic E-state index is -1.67. The first-order valence-electron chi connectivity index (χ1n) is 8.70. The molecule has 6 nitrogen and oxygen atoms in total. The molecule has 3 heterocycles. The van der Waals surface area contributed by atoms with Crippen LogP contribution in [0.25, 0.3) is 0 Å². The molecule has 3 aliphatic heterocycles. The Morgan fingerprint density at radius 1 is 0.964 bits per heavy atom. The molecular formula is C21H15BrN2O4. The van der Waals surface area contributed by atoms with Gasteiger partial charge in [0.25, 0.3) is 5.91 Å². The third-order valence-corrected chi connectivity index (χ3v) is 6.54. The van der Waals surface area contributed by atoms with Crippen molar-refractivity contribution in [3.05, 3.63) is 69.9 Å². The van der Waals surface area contributed by atoms with E-state index in [4.69, 9.17) is 4.74 Å². The van der Waals surface area contributed by atoms with E-state index in [1.54, 1.807) is 44.4 Å². The van der Waals surface area contributed by atoms with Crippen LogP contribution in [0.3, 0.4) is 0 Å². The van der Waals surface area contributed by atoms with E-state index in [2.05, 4.69) is 15.9 Å². The van der Waals surface area contributed by atoms with Crippen molar-refractivity contribution in [3.8, 4) is 0 Å². The Labute approximate surface area is 169 Å². The first-order valence-corrected chi connectivity index (χ1v) is 9.50. The van der Waals surface area contributed by atoms with Crippen molar-refractivity contribution < 1.29 is 19.1 Å². The van der Waals surface area contributed by atoms with Crippen LogP contribution in [0.4, 0.5) is 11.4 Å². The van der Waals surface area contributed by atoms with Gasteiger partial charge in [0, 0.05) is 35.4 Å². The topological polar surface area (TPSA) is 66.9 Å². The Morgan fingerprint density at radius 3 is 2.39 bits per heavy atom. The SMILES string of the molecule is CN1C(=O)C2(OC=C(C=O)C23C(=O)N(C)c2ccccc23)c2cc(Br)ccc21. The zero-order chi connectivity index (χ0) is 19.8. The number of hydrogen-bond donors (Lipinski definition) is 0. The number of hydrogen-bond acceptors (Lipinski definition) is 4. The molecule has 2 atom stereocenters. The second-order valence-electron chi connectivity index (χ2n) is 7.15. The molecule has 140 valence electrons. The van der Waals surface area contributed by atoms with Crippen LogP contribution in [0, 0.1) is 0 Å². The number of para-hydroxylation sites is 1. The van der Waals surface area contributed by atoms with Crippen molar-refractivity contribution in [2.75, 3.05) is 23.9 Å². The van der Waals surface area contributed by atoms with Crippen molar-refractivity contribution in [2.45, 2.75) is 11.0 Å². The number of carbonyl (C=O) groups is 3. The average Bonchev–Trinajstić information content (AvgIpc) is 3.24. The fourth-order valence-corrected chi connectivity index (χ4v) is 5.21. The molecule has 2 aromatic rings. The fraction of sp³-hybridized carbons (Fsp3) is 0.190. The van der Waals surface area contributed by atoms with Crippen molar-refractivity contribution in [1.29, 1.82) is 0 Å². The smallest absolute Gasteiger partial charge is 0.277 e. The fourth-order valence-electron chi connectivity index (χ4n) is 4.85. The zero-order valence-corrected chi connectivity index (χ0v) is 16.7. The zero-order valence-electron chi connectivity index (χ0n) is 15.1. The standard InChI is InChI=1S/C21H15BrN2O4/c1-23-16-6-4-3-5-14(16)20(18(23)26)12(10-25)11-28-21(20)15-9-13(22)7-8-17(15)24(2)19(21)27/h3-11H,1-2H3. The van der Waals surface area contributed by atoms with Gasteiger partial charge in [-0.25, -0.2) is 0 Å². The molecule has 2 unspecified atom stereocenters. The van der Waals surface area contributed by atoms with Crippen LogP contribution >= 0.6 is 15.9 Å². The van der Waals surface area contributed by atoms with Crippen LogP contribution in [0.5, 0.6) is 0 Å². The van der Waals surface area contributed by atoms with Gasteiger partial charge in [0.1, 0.15) is 0 Å². The summed E-state index contributed by atoms with van der Waals surface area (Å²) >= 11 is 3.46. The summed E-state index contributed by atoms with van der Waals surface area (Å²) < 4.78 is 6.78. The highest BCUT2D eigenvalue weighted by atomic mass is 79.9. The highest BCUT2D eigenvalue weighted by Crippen LogP contribution is 2.63. The highest BCUT2D eigenvalue weighted by Gasteiger charge is 2.76. The quantitative estimate of drug-likeness (QED) is 0.641. The van der Waals surface area contributed by atoms with Gasteiger partial charge in [-0.3, -0.25) is 14.4 Å². The lowest BCUT2D eigenvalue weighted by atomic mass is 9.62. The molecular weight excluding hydrogens is 424 g/mol. The number of rotatable bonds is 1. The molecule has 0 fully saturated rings. The van der Waals surface area contributed by atoms with Crippen LogP contribution in [0.2, 0.25) is 0 Å². The molecule has 0 N–H and O–H groups in total. The molecule has 0 bridgehead atoms. The summed E-state index contributed by atoms with van der Waals surface area (Å²) in [4.78, 5) is 42.4. The third-order valence-electron chi connectivity index (χ3n) is 6.05. The molecule has 3 aliphatic rings. The van der Waals surface area contributed by atoms with Crippen molar-refractivity contribution >= 4 is 45.4 Å². The van der Waals surface area contributed by atoms with Gasteiger partial charge < -0.3 is 14.5 Å². The monoisotopic (exact) mass is 438 g/mol. The van der Waals surface area contributed by atoms with Gasteiger partial charge in [-0.2, -0.15) is 0 Å². The lowest BCUT2D eigenvalue weighted by molar-refractivity contribution is -0.147. The minimum absolute atomic E-state index is 0.142. The highest BCUT2D eigenvalue weighted by molar-refractivity contribution is 9.10. The Hall–Kier alpha value is -2.93. The summed E-state index contributed by atoms with van der Waals surface area (Å²) in [7, 11) is 3.30. The van der Waals surface area contributed by atoms with E-state index in [0.29, 0.717) is 28.8 Å². The number of halogens is 1. The number of amides is 2. The molecule has 0 radical (unpaired) electrons. The Morgan fingerprint density at radius 2 is 1.64 bits per heavy atom. The Balaban J connectivity index is 1.94. The molecule has 0 saturated heterocycles. The predicted octanol–water partition coefficient (Wildman–Crippen LogP) is 2.65. The predicted molar refractivity (Wildman–Crippen MR) is 106 cm³/mol. The summed E-state index contributed by atoms with van der Waals surface area (Å²) in [6, 6.07) is 12.6. The van der Waals surface area contributed by atoms with E-state index in [9.17, 15) is 14.4 Å². The normalized spacial score (nSPS) is 27.3. The first kappa shape index (κ1) is 17.2. The third kappa shape index (κ3) is 1.59. The minimum Gasteiger partial charge on any atom is -0.478 e. The van der Waals surface area contributed by atoms with Gasteiger partial charge in [-0.1, -0.05) is 34.1 Å². The van der Waals surface area contributed by atoms with Gasteiger partial charge in [0.2, 0.25) is 11.5 Å². The van der Waals surface area contributed by atoms with E-state index in [-0.39, 0.29) is 17.4 Å². The Bertz CT molecular complexity index is 1130. The van der Waals surface area contributed by atoms with Crippen LogP contribution in [-0.2, 0) is 30.1 Å². The van der Waals surface area contributed by atoms with Gasteiger partial charge in [-0.05, 0) is 24.3 Å². The molecule has 5 rings (SSSR count). The summed E-state index contributed by atoms with van der Waals surface area (Å²) in [5, 5.41) is 0. The van der Waals surface area contributed by atoms with Crippen molar-refractivity contribution in [2.24, 2.45) is 0 Å². The summed E-state index contributed by atoms with van der Waals surface area (Å²) in [5.41, 5.74) is -0.651. The van der Waals surface area contributed by atoms with Gasteiger partial charge >= 0.3 is 0 Å². The first-order chi connectivity index (χ1) is 13.4. The maximum absolute atomic E-state index is 13.7. The average molecular weight is 439 g/mol. The number of nitrogens with zero attached hydrogens (tertiary/aromatic N) is 2. The molecule has 2 aromatic carbocycles. The Kier molecular flexibility index (Phi) is 3.27. The number of fused-ring (bicyclic) bond motifs is 5. The number of likely N-dealkylation sites (N-methyl/N-ethyl adjacent to an activating group) is 2. The summed E-state index contributed by atoms with van der Waals surface area (Å²) in [6.07, 6.45) is 1.88. The number of anilines is 2.